The van der Waals surface area contributed by atoms with E-state index in [0.717, 1.165) is 76.8 Å². The van der Waals surface area contributed by atoms with E-state index in [1.807, 2.05) is 20.0 Å². The molecular formula is C25H34N8. The number of nitrogens with zero attached hydrogens (tertiary/aromatic N) is 6. The molecule has 4 aromatic rings. The fraction of sp³-hybridized carbons (Fsp3) is 0.480. The molecule has 0 bridgehead atoms. The highest BCUT2D eigenvalue weighted by Gasteiger charge is 2.20. The second kappa shape index (κ2) is 9.68. The van der Waals surface area contributed by atoms with Gasteiger partial charge in [-0.1, -0.05) is 27.7 Å². The quantitative estimate of drug-likeness (QED) is 0.359. The summed E-state index contributed by atoms with van der Waals surface area (Å²) in [6.07, 6.45) is 6.46. The van der Waals surface area contributed by atoms with Gasteiger partial charge in [0.05, 0.1) is 35.1 Å². The van der Waals surface area contributed by atoms with E-state index >= 15 is 0 Å². The number of rotatable bonds is 9. The van der Waals surface area contributed by atoms with Crippen LogP contribution in [0.3, 0.4) is 0 Å². The zero-order valence-corrected chi connectivity index (χ0v) is 20.5. The van der Waals surface area contributed by atoms with Crippen LogP contribution in [0.4, 0.5) is 5.82 Å². The molecule has 0 aromatic carbocycles. The second-order valence-corrected chi connectivity index (χ2v) is 8.85. The van der Waals surface area contributed by atoms with Gasteiger partial charge in [0.2, 0.25) is 0 Å². The number of aromatic nitrogens is 7. The molecule has 0 saturated carbocycles. The number of hydrogen-bond acceptors (Lipinski definition) is 6. The predicted molar refractivity (Wildman–Crippen MR) is 133 cm³/mol. The highest BCUT2D eigenvalue weighted by Crippen LogP contribution is 2.32. The molecule has 0 saturated heterocycles. The fourth-order valence-electron chi connectivity index (χ4n) is 4.17. The summed E-state index contributed by atoms with van der Waals surface area (Å²) >= 11 is 0. The summed E-state index contributed by atoms with van der Waals surface area (Å²) in [6.45, 7) is 13.4. The van der Waals surface area contributed by atoms with Crippen LogP contribution < -0.4 is 5.32 Å². The Balaban J connectivity index is 1.76. The predicted octanol–water partition coefficient (Wildman–Crippen LogP) is 5.37. The Morgan fingerprint density at radius 1 is 1.03 bits per heavy atom. The van der Waals surface area contributed by atoms with Gasteiger partial charge in [-0.2, -0.15) is 5.10 Å². The van der Waals surface area contributed by atoms with Crippen molar-refractivity contribution < 1.29 is 0 Å². The van der Waals surface area contributed by atoms with Gasteiger partial charge in [-0.15, -0.1) is 0 Å². The van der Waals surface area contributed by atoms with E-state index in [-0.39, 0.29) is 0 Å². The summed E-state index contributed by atoms with van der Waals surface area (Å²) in [4.78, 5) is 22.3. The maximum absolute atomic E-state index is 5.07. The van der Waals surface area contributed by atoms with Crippen LogP contribution in [0.15, 0.2) is 24.7 Å². The zero-order valence-electron chi connectivity index (χ0n) is 20.5. The molecule has 0 atom stereocenters. The van der Waals surface area contributed by atoms with E-state index < -0.39 is 0 Å². The summed E-state index contributed by atoms with van der Waals surface area (Å²) in [7, 11) is 0. The number of aromatic amines is 1. The SMILES string of the molecule is CCC(CC)n1nc(C)c2nc(-c3ccc(C(C)C)nc3NCCc3c[nH]cn3)c(C)nc21. The standard InChI is InChI=1S/C25H34N8/c1-7-19(8-2)33-25-23(17(6)32-33)31-22(16(5)29-25)20-9-10-21(15(3)4)30-24(20)27-12-11-18-13-26-14-28-18/h9-10,13-15,19H,7-8,11-12H2,1-6H3,(H,26,28)(H,27,30). The average molecular weight is 447 g/mol. The number of aryl methyl sites for hydroxylation is 2. The van der Waals surface area contributed by atoms with Crippen LogP contribution in [0.1, 0.15) is 75.3 Å². The molecule has 33 heavy (non-hydrogen) atoms. The number of H-pyrrole nitrogens is 1. The smallest absolute Gasteiger partial charge is 0.177 e. The molecule has 8 nitrogen and oxygen atoms in total. The van der Waals surface area contributed by atoms with Crippen molar-refractivity contribution in [2.24, 2.45) is 0 Å². The van der Waals surface area contributed by atoms with Gasteiger partial charge in [0.1, 0.15) is 11.3 Å². The zero-order chi connectivity index (χ0) is 23.5. The van der Waals surface area contributed by atoms with Crippen molar-refractivity contribution in [3.05, 3.63) is 47.4 Å². The van der Waals surface area contributed by atoms with Crippen LogP contribution in [-0.4, -0.2) is 41.2 Å². The van der Waals surface area contributed by atoms with E-state index in [4.69, 9.17) is 20.1 Å². The molecule has 0 aliphatic carbocycles. The van der Waals surface area contributed by atoms with Gasteiger partial charge < -0.3 is 10.3 Å². The van der Waals surface area contributed by atoms with Gasteiger partial charge in [-0.25, -0.2) is 24.6 Å². The van der Waals surface area contributed by atoms with Gasteiger partial charge in [-0.05, 0) is 44.7 Å². The first-order valence-corrected chi connectivity index (χ1v) is 11.9. The minimum atomic E-state index is 0.326. The van der Waals surface area contributed by atoms with Crippen molar-refractivity contribution in [2.75, 3.05) is 11.9 Å². The minimum absolute atomic E-state index is 0.326. The molecule has 4 heterocycles. The molecule has 8 heteroatoms. The summed E-state index contributed by atoms with van der Waals surface area (Å²) in [5, 5.41) is 8.32. The van der Waals surface area contributed by atoms with Crippen molar-refractivity contribution in [1.82, 2.24) is 34.7 Å². The van der Waals surface area contributed by atoms with E-state index in [2.05, 4.69) is 59.8 Å². The van der Waals surface area contributed by atoms with Gasteiger partial charge in [0.15, 0.2) is 5.65 Å². The highest BCUT2D eigenvalue weighted by atomic mass is 15.3. The molecule has 4 aromatic heterocycles. The largest absolute Gasteiger partial charge is 0.369 e. The maximum Gasteiger partial charge on any atom is 0.177 e. The lowest BCUT2D eigenvalue weighted by Gasteiger charge is -2.16. The highest BCUT2D eigenvalue weighted by molar-refractivity contribution is 5.81. The lowest BCUT2D eigenvalue weighted by molar-refractivity contribution is 0.436. The molecular weight excluding hydrogens is 412 g/mol. The maximum atomic E-state index is 5.07. The van der Waals surface area contributed by atoms with Crippen LogP contribution in [0.5, 0.6) is 0 Å². The third-order valence-corrected chi connectivity index (χ3v) is 6.15. The van der Waals surface area contributed by atoms with Gasteiger partial charge in [-0.3, -0.25) is 0 Å². The first kappa shape index (κ1) is 22.9. The normalized spacial score (nSPS) is 11.8. The van der Waals surface area contributed by atoms with E-state index in [1.165, 1.54) is 0 Å². The molecule has 174 valence electrons. The Kier molecular flexibility index (Phi) is 6.72. The molecule has 0 fully saturated rings. The van der Waals surface area contributed by atoms with Crippen LogP contribution in [-0.2, 0) is 6.42 Å². The summed E-state index contributed by atoms with van der Waals surface area (Å²) in [6, 6.07) is 4.53. The van der Waals surface area contributed by atoms with Crippen LogP contribution >= 0.6 is 0 Å². The van der Waals surface area contributed by atoms with Crippen molar-refractivity contribution >= 4 is 17.0 Å². The fourth-order valence-corrected chi connectivity index (χ4v) is 4.17. The number of imidazole rings is 1. The Hall–Kier alpha value is -3.29. The Morgan fingerprint density at radius 2 is 1.82 bits per heavy atom. The van der Waals surface area contributed by atoms with E-state index in [0.29, 0.717) is 12.0 Å². The molecule has 0 aliphatic rings. The van der Waals surface area contributed by atoms with Crippen molar-refractivity contribution in [1.29, 1.82) is 0 Å². The van der Waals surface area contributed by atoms with Crippen molar-refractivity contribution in [3.8, 4) is 11.3 Å². The summed E-state index contributed by atoms with van der Waals surface area (Å²) < 4.78 is 2.05. The summed E-state index contributed by atoms with van der Waals surface area (Å²) in [5.74, 6) is 1.17. The lowest BCUT2D eigenvalue weighted by Crippen LogP contribution is -2.11. The number of fused-ring (bicyclic) bond motifs is 1. The van der Waals surface area contributed by atoms with Crippen molar-refractivity contribution in [2.45, 2.75) is 72.8 Å². The first-order chi connectivity index (χ1) is 15.9. The molecule has 0 radical (unpaired) electrons. The molecule has 2 N–H and O–H groups in total. The van der Waals surface area contributed by atoms with Gasteiger partial charge in [0.25, 0.3) is 0 Å². The number of nitrogens with one attached hydrogen (secondary N) is 2. The third kappa shape index (κ3) is 4.60. The summed E-state index contributed by atoms with van der Waals surface area (Å²) in [5.41, 5.74) is 7.38. The molecule has 0 amide bonds. The van der Waals surface area contributed by atoms with Crippen molar-refractivity contribution in [3.63, 3.8) is 0 Å². The topological polar surface area (TPSA) is 97.2 Å². The van der Waals surface area contributed by atoms with Crippen LogP contribution in [0, 0.1) is 13.8 Å². The van der Waals surface area contributed by atoms with Crippen LogP contribution in [0.2, 0.25) is 0 Å². The average Bonchev–Trinajstić information content (AvgIpc) is 3.42. The minimum Gasteiger partial charge on any atom is -0.369 e. The Bertz CT molecular complexity index is 1220. The van der Waals surface area contributed by atoms with Gasteiger partial charge in [0, 0.05) is 30.4 Å². The van der Waals surface area contributed by atoms with Crippen LogP contribution in [0.25, 0.3) is 22.4 Å². The monoisotopic (exact) mass is 446 g/mol. The van der Waals surface area contributed by atoms with E-state index in [1.54, 1.807) is 6.33 Å². The molecule has 4 rings (SSSR count). The molecule has 0 spiro atoms. The number of hydrogen-bond donors (Lipinski definition) is 2. The Morgan fingerprint density at radius 3 is 2.48 bits per heavy atom. The second-order valence-electron chi connectivity index (χ2n) is 8.85. The van der Waals surface area contributed by atoms with Gasteiger partial charge >= 0.3 is 0 Å². The molecule has 0 aliphatic heterocycles. The lowest BCUT2D eigenvalue weighted by atomic mass is 10.1. The number of pyridine rings is 1. The number of anilines is 1. The molecule has 0 unspecified atom stereocenters. The Labute approximate surface area is 195 Å². The third-order valence-electron chi connectivity index (χ3n) is 6.15. The van der Waals surface area contributed by atoms with E-state index in [9.17, 15) is 0 Å². The first-order valence-electron chi connectivity index (χ1n) is 11.9.